The Labute approximate surface area is 129 Å². The van der Waals surface area contributed by atoms with E-state index >= 15 is 0 Å². The number of likely N-dealkylation sites (tertiary alicyclic amines) is 1. The molecule has 1 aromatic heterocycles. The quantitative estimate of drug-likeness (QED) is 0.865. The lowest BCUT2D eigenvalue weighted by molar-refractivity contribution is 0.0783. The first-order chi connectivity index (χ1) is 10.7. The number of rotatable bonds is 4. The summed E-state index contributed by atoms with van der Waals surface area (Å²) in [5, 5.41) is 8.13. The van der Waals surface area contributed by atoms with E-state index in [1.54, 1.807) is 11.8 Å². The number of ether oxygens (including phenoxy) is 1. The minimum atomic E-state index is -0.0930. The first-order valence-corrected chi connectivity index (χ1v) is 7.51. The van der Waals surface area contributed by atoms with Crippen LogP contribution in [0.4, 0.5) is 0 Å². The van der Waals surface area contributed by atoms with E-state index in [2.05, 4.69) is 22.4 Å². The first-order valence-electron chi connectivity index (χ1n) is 7.51. The smallest absolute Gasteiger partial charge is 0.280 e. The van der Waals surface area contributed by atoms with Gasteiger partial charge in [0.1, 0.15) is 0 Å². The lowest BCUT2D eigenvalue weighted by atomic mass is 10.1. The SMILES string of the molecule is COc1c(C(=O)N2CCCC2)nnn1Cc1ccc(C)cc1. The number of aromatic nitrogens is 3. The number of hydrogen-bond donors (Lipinski definition) is 0. The molecule has 0 bridgehead atoms. The third kappa shape index (κ3) is 2.81. The Hall–Kier alpha value is -2.37. The van der Waals surface area contributed by atoms with E-state index in [9.17, 15) is 4.79 Å². The zero-order valence-electron chi connectivity index (χ0n) is 13.0. The van der Waals surface area contributed by atoms with Gasteiger partial charge in [-0.25, -0.2) is 4.68 Å². The number of benzene rings is 1. The molecule has 0 spiro atoms. The van der Waals surface area contributed by atoms with Gasteiger partial charge < -0.3 is 9.64 Å². The molecule has 0 atom stereocenters. The van der Waals surface area contributed by atoms with Gasteiger partial charge in [-0.05, 0) is 25.3 Å². The molecule has 0 N–H and O–H groups in total. The van der Waals surface area contributed by atoms with Crippen molar-refractivity contribution < 1.29 is 9.53 Å². The summed E-state index contributed by atoms with van der Waals surface area (Å²) in [7, 11) is 1.55. The van der Waals surface area contributed by atoms with Crippen molar-refractivity contribution in [1.82, 2.24) is 19.9 Å². The van der Waals surface area contributed by atoms with Gasteiger partial charge in [-0.2, -0.15) is 0 Å². The summed E-state index contributed by atoms with van der Waals surface area (Å²) in [4.78, 5) is 14.3. The van der Waals surface area contributed by atoms with E-state index in [-0.39, 0.29) is 5.91 Å². The van der Waals surface area contributed by atoms with Crippen LogP contribution < -0.4 is 4.74 Å². The summed E-state index contributed by atoms with van der Waals surface area (Å²) in [6, 6.07) is 8.18. The zero-order valence-corrected chi connectivity index (χ0v) is 13.0. The molecule has 1 saturated heterocycles. The highest BCUT2D eigenvalue weighted by molar-refractivity contribution is 5.94. The summed E-state index contributed by atoms with van der Waals surface area (Å²) < 4.78 is 7.02. The van der Waals surface area contributed by atoms with Crippen molar-refractivity contribution in [2.75, 3.05) is 20.2 Å². The number of nitrogens with zero attached hydrogens (tertiary/aromatic N) is 4. The molecule has 2 aromatic rings. The molecule has 0 unspecified atom stereocenters. The Morgan fingerprint density at radius 3 is 2.55 bits per heavy atom. The van der Waals surface area contributed by atoms with E-state index in [0.717, 1.165) is 31.5 Å². The average Bonchev–Trinajstić information content (AvgIpc) is 3.18. The monoisotopic (exact) mass is 300 g/mol. The van der Waals surface area contributed by atoms with Gasteiger partial charge in [-0.15, -0.1) is 5.10 Å². The Morgan fingerprint density at radius 1 is 1.23 bits per heavy atom. The van der Waals surface area contributed by atoms with E-state index < -0.39 is 0 Å². The zero-order chi connectivity index (χ0) is 15.5. The normalized spacial score (nSPS) is 14.4. The molecule has 2 heterocycles. The van der Waals surface area contributed by atoms with Crippen molar-refractivity contribution in [2.45, 2.75) is 26.3 Å². The topological polar surface area (TPSA) is 60.2 Å². The highest BCUT2D eigenvalue weighted by Crippen LogP contribution is 2.21. The van der Waals surface area contributed by atoms with Crippen LogP contribution in [-0.4, -0.2) is 46.0 Å². The minimum Gasteiger partial charge on any atom is -0.479 e. The molecular weight excluding hydrogens is 280 g/mol. The molecule has 22 heavy (non-hydrogen) atoms. The second-order valence-corrected chi connectivity index (χ2v) is 5.59. The van der Waals surface area contributed by atoms with Crippen LogP contribution >= 0.6 is 0 Å². The summed E-state index contributed by atoms with van der Waals surface area (Å²) in [6.07, 6.45) is 2.09. The van der Waals surface area contributed by atoms with Crippen molar-refractivity contribution in [3.8, 4) is 5.88 Å². The Kier molecular flexibility index (Phi) is 4.09. The first kappa shape index (κ1) is 14.6. The molecule has 116 valence electrons. The summed E-state index contributed by atoms with van der Waals surface area (Å²) >= 11 is 0. The molecular formula is C16H20N4O2. The van der Waals surface area contributed by atoms with Crippen molar-refractivity contribution in [1.29, 1.82) is 0 Å². The fourth-order valence-corrected chi connectivity index (χ4v) is 2.68. The number of hydrogen-bond acceptors (Lipinski definition) is 4. The van der Waals surface area contributed by atoms with Crippen LogP contribution in [0.1, 0.15) is 34.5 Å². The summed E-state index contributed by atoms with van der Waals surface area (Å²) in [5.41, 5.74) is 2.60. The molecule has 3 rings (SSSR count). The van der Waals surface area contributed by atoms with Gasteiger partial charge in [0, 0.05) is 13.1 Å². The highest BCUT2D eigenvalue weighted by Gasteiger charge is 2.27. The van der Waals surface area contributed by atoms with Crippen LogP contribution in [0, 0.1) is 6.92 Å². The number of aryl methyl sites for hydroxylation is 1. The lowest BCUT2D eigenvalue weighted by Crippen LogP contribution is -2.28. The van der Waals surface area contributed by atoms with Crippen molar-refractivity contribution in [3.63, 3.8) is 0 Å². The third-order valence-corrected chi connectivity index (χ3v) is 3.93. The Bertz CT molecular complexity index is 657. The van der Waals surface area contributed by atoms with Gasteiger partial charge in [-0.3, -0.25) is 4.79 Å². The number of amides is 1. The molecule has 1 amide bonds. The predicted octanol–water partition coefficient (Wildman–Crippen LogP) is 1.88. The largest absolute Gasteiger partial charge is 0.479 e. The van der Waals surface area contributed by atoms with E-state index in [0.29, 0.717) is 18.1 Å². The maximum Gasteiger partial charge on any atom is 0.280 e. The molecule has 6 heteroatoms. The van der Waals surface area contributed by atoms with Crippen LogP contribution in [0.3, 0.4) is 0 Å². The van der Waals surface area contributed by atoms with E-state index in [1.165, 1.54) is 5.56 Å². The predicted molar refractivity (Wildman–Crippen MR) is 82.0 cm³/mol. The second-order valence-electron chi connectivity index (χ2n) is 5.59. The van der Waals surface area contributed by atoms with Crippen LogP contribution in [0.25, 0.3) is 0 Å². The van der Waals surface area contributed by atoms with Gasteiger partial charge in [0.2, 0.25) is 11.6 Å². The van der Waals surface area contributed by atoms with Crippen molar-refractivity contribution >= 4 is 5.91 Å². The van der Waals surface area contributed by atoms with Crippen LogP contribution in [0.15, 0.2) is 24.3 Å². The van der Waals surface area contributed by atoms with Crippen LogP contribution in [-0.2, 0) is 6.54 Å². The lowest BCUT2D eigenvalue weighted by Gasteiger charge is -2.14. The van der Waals surface area contributed by atoms with Crippen molar-refractivity contribution in [3.05, 3.63) is 41.1 Å². The molecule has 1 aromatic carbocycles. The van der Waals surface area contributed by atoms with Crippen LogP contribution in [0.2, 0.25) is 0 Å². The van der Waals surface area contributed by atoms with Crippen molar-refractivity contribution in [2.24, 2.45) is 0 Å². The van der Waals surface area contributed by atoms with E-state index in [4.69, 9.17) is 4.74 Å². The molecule has 1 aliphatic rings. The number of carbonyl (C=O) groups excluding carboxylic acids is 1. The summed E-state index contributed by atoms with van der Waals surface area (Å²) in [5.74, 6) is 0.335. The maximum atomic E-state index is 12.5. The third-order valence-electron chi connectivity index (χ3n) is 3.93. The van der Waals surface area contributed by atoms with Gasteiger partial charge >= 0.3 is 0 Å². The standard InChI is InChI=1S/C16H20N4O2/c1-12-5-7-13(8-6-12)11-20-16(22-2)14(17-18-20)15(21)19-9-3-4-10-19/h5-8H,3-4,9-11H2,1-2H3. The van der Waals surface area contributed by atoms with E-state index in [1.807, 2.05) is 24.0 Å². The molecule has 1 fully saturated rings. The molecule has 0 radical (unpaired) electrons. The molecule has 6 nitrogen and oxygen atoms in total. The number of carbonyl (C=O) groups is 1. The second kappa shape index (κ2) is 6.17. The molecule has 0 aliphatic carbocycles. The molecule has 0 saturated carbocycles. The minimum absolute atomic E-state index is 0.0930. The van der Waals surface area contributed by atoms with Gasteiger partial charge in [0.05, 0.1) is 13.7 Å². The Balaban J connectivity index is 1.83. The maximum absolute atomic E-state index is 12.5. The average molecular weight is 300 g/mol. The van der Waals surface area contributed by atoms with Gasteiger partial charge in [0.15, 0.2) is 0 Å². The van der Waals surface area contributed by atoms with Gasteiger partial charge in [0.25, 0.3) is 5.91 Å². The Morgan fingerprint density at radius 2 is 1.91 bits per heavy atom. The van der Waals surface area contributed by atoms with Gasteiger partial charge in [-0.1, -0.05) is 35.0 Å². The van der Waals surface area contributed by atoms with Crippen LogP contribution in [0.5, 0.6) is 5.88 Å². The fraction of sp³-hybridized carbons (Fsp3) is 0.438. The fourth-order valence-electron chi connectivity index (χ4n) is 2.68. The summed E-state index contributed by atoms with van der Waals surface area (Å²) in [6.45, 7) is 4.15. The highest BCUT2D eigenvalue weighted by atomic mass is 16.5. The number of methoxy groups -OCH3 is 1. The molecule has 1 aliphatic heterocycles.